The average molecular weight is 337 g/mol. The van der Waals surface area contributed by atoms with Gasteiger partial charge in [0, 0.05) is 9.85 Å². The van der Waals surface area contributed by atoms with E-state index < -0.39 is 0 Å². The molecular formula is C10H11BrClN3OS. The quantitative estimate of drug-likeness (QED) is 0.913. The number of rotatable bonds is 2. The molecule has 1 saturated heterocycles. The van der Waals surface area contributed by atoms with E-state index in [1.807, 2.05) is 11.4 Å². The van der Waals surface area contributed by atoms with E-state index in [9.17, 15) is 0 Å². The first-order valence-corrected chi connectivity index (χ1v) is 6.81. The summed E-state index contributed by atoms with van der Waals surface area (Å²) in [5.41, 5.74) is 0. The fourth-order valence-electron chi connectivity index (χ4n) is 1.80. The molecule has 1 unspecified atom stereocenters. The fraction of sp³-hybridized carbons (Fsp3) is 0.400. The van der Waals surface area contributed by atoms with Gasteiger partial charge in [0.1, 0.15) is 0 Å². The van der Waals surface area contributed by atoms with Crippen LogP contribution in [0.25, 0.3) is 10.7 Å². The van der Waals surface area contributed by atoms with Crippen molar-refractivity contribution < 1.29 is 4.52 Å². The van der Waals surface area contributed by atoms with Gasteiger partial charge in [-0.05, 0) is 41.4 Å². The van der Waals surface area contributed by atoms with Gasteiger partial charge < -0.3 is 9.84 Å². The molecule has 4 nitrogen and oxygen atoms in total. The van der Waals surface area contributed by atoms with Crippen LogP contribution in [-0.4, -0.2) is 16.7 Å². The van der Waals surface area contributed by atoms with Crippen LogP contribution in [0.2, 0.25) is 0 Å². The molecule has 3 heterocycles. The molecule has 2 aromatic rings. The van der Waals surface area contributed by atoms with Crippen LogP contribution in [0.1, 0.15) is 24.8 Å². The first-order chi connectivity index (χ1) is 7.83. The molecule has 92 valence electrons. The van der Waals surface area contributed by atoms with E-state index in [1.54, 1.807) is 11.3 Å². The molecule has 0 amide bonds. The third-order valence-electron chi connectivity index (χ3n) is 2.59. The maximum Gasteiger partial charge on any atom is 0.244 e. The minimum Gasteiger partial charge on any atom is -0.337 e. The summed E-state index contributed by atoms with van der Waals surface area (Å²) in [5, 5.41) is 9.36. The van der Waals surface area contributed by atoms with Crippen molar-refractivity contribution in [3.63, 3.8) is 0 Å². The average Bonchev–Trinajstić information content (AvgIpc) is 2.97. The van der Waals surface area contributed by atoms with Crippen LogP contribution < -0.4 is 5.32 Å². The predicted molar refractivity (Wildman–Crippen MR) is 72.5 cm³/mol. The summed E-state index contributed by atoms with van der Waals surface area (Å²) in [7, 11) is 0. The highest BCUT2D eigenvalue weighted by Gasteiger charge is 2.22. The van der Waals surface area contributed by atoms with Crippen molar-refractivity contribution in [1.29, 1.82) is 0 Å². The molecule has 1 atom stereocenters. The van der Waals surface area contributed by atoms with Crippen molar-refractivity contribution in [3.05, 3.63) is 21.8 Å². The van der Waals surface area contributed by atoms with Gasteiger partial charge in [-0.1, -0.05) is 5.16 Å². The Morgan fingerprint density at radius 1 is 1.53 bits per heavy atom. The SMILES string of the molecule is Brc1csc(-c2noc(C3CCCN3)n2)c1.Cl. The van der Waals surface area contributed by atoms with Gasteiger partial charge in [0.25, 0.3) is 0 Å². The summed E-state index contributed by atoms with van der Waals surface area (Å²) in [4.78, 5) is 5.45. The Labute approximate surface area is 117 Å². The molecule has 17 heavy (non-hydrogen) atoms. The van der Waals surface area contributed by atoms with Crippen LogP contribution in [0.4, 0.5) is 0 Å². The molecule has 7 heteroatoms. The summed E-state index contributed by atoms with van der Waals surface area (Å²) in [6, 6.07) is 2.24. The van der Waals surface area contributed by atoms with Crippen LogP contribution in [0, 0.1) is 0 Å². The molecule has 0 bridgehead atoms. The summed E-state index contributed by atoms with van der Waals surface area (Å²) in [6.07, 6.45) is 2.25. The van der Waals surface area contributed by atoms with E-state index >= 15 is 0 Å². The third-order valence-corrected chi connectivity index (χ3v) is 4.28. The number of hydrogen-bond acceptors (Lipinski definition) is 5. The van der Waals surface area contributed by atoms with Crippen molar-refractivity contribution in [1.82, 2.24) is 15.5 Å². The maximum absolute atomic E-state index is 5.28. The van der Waals surface area contributed by atoms with Crippen LogP contribution in [0.5, 0.6) is 0 Å². The van der Waals surface area contributed by atoms with Gasteiger partial charge in [0.15, 0.2) is 0 Å². The molecule has 0 radical (unpaired) electrons. The van der Waals surface area contributed by atoms with E-state index in [0.717, 1.165) is 22.3 Å². The molecule has 0 aliphatic carbocycles. The van der Waals surface area contributed by atoms with Gasteiger partial charge in [-0.2, -0.15) is 4.98 Å². The largest absolute Gasteiger partial charge is 0.337 e. The number of aromatic nitrogens is 2. The standard InChI is InChI=1S/C10H10BrN3OS.ClH/c11-6-4-8(16-5-6)9-13-10(15-14-9)7-2-1-3-12-7;/h4-5,7,12H,1-3H2;1H. The fourth-order valence-corrected chi connectivity index (χ4v) is 3.15. The molecule has 1 aliphatic rings. The summed E-state index contributed by atoms with van der Waals surface area (Å²) >= 11 is 5.02. The number of thiophene rings is 1. The molecule has 2 aromatic heterocycles. The van der Waals surface area contributed by atoms with Crippen molar-refractivity contribution in [3.8, 4) is 10.7 Å². The molecule has 1 fully saturated rings. The van der Waals surface area contributed by atoms with Crippen molar-refractivity contribution in [2.75, 3.05) is 6.54 Å². The van der Waals surface area contributed by atoms with Crippen molar-refractivity contribution in [2.24, 2.45) is 0 Å². The molecule has 0 saturated carbocycles. The lowest BCUT2D eigenvalue weighted by Crippen LogP contribution is -2.12. The molecule has 0 aromatic carbocycles. The van der Waals surface area contributed by atoms with Gasteiger partial charge in [0.2, 0.25) is 11.7 Å². The lowest BCUT2D eigenvalue weighted by Gasteiger charge is -2.01. The van der Waals surface area contributed by atoms with E-state index in [4.69, 9.17) is 4.52 Å². The van der Waals surface area contributed by atoms with Crippen LogP contribution in [0.15, 0.2) is 20.4 Å². The lowest BCUT2D eigenvalue weighted by molar-refractivity contribution is 0.345. The summed E-state index contributed by atoms with van der Waals surface area (Å²) in [5.74, 6) is 1.39. The Morgan fingerprint density at radius 3 is 3.06 bits per heavy atom. The second kappa shape index (κ2) is 5.48. The second-order valence-electron chi connectivity index (χ2n) is 3.73. The lowest BCUT2D eigenvalue weighted by atomic mass is 10.2. The van der Waals surface area contributed by atoms with Crippen LogP contribution >= 0.6 is 39.7 Å². The summed E-state index contributed by atoms with van der Waals surface area (Å²) < 4.78 is 6.33. The zero-order valence-corrected chi connectivity index (χ0v) is 12.1. The number of halogens is 2. The van der Waals surface area contributed by atoms with Gasteiger partial charge >= 0.3 is 0 Å². The first-order valence-electron chi connectivity index (χ1n) is 5.14. The van der Waals surface area contributed by atoms with Gasteiger partial charge in [0.05, 0.1) is 10.9 Å². The minimum atomic E-state index is 0. The number of nitrogens with one attached hydrogen (secondary N) is 1. The second-order valence-corrected chi connectivity index (χ2v) is 5.56. The molecular weight excluding hydrogens is 326 g/mol. The Kier molecular flexibility index (Phi) is 4.19. The van der Waals surface area contributed by atoms with E-state index in [0.29, 0.717) is 11.7 Å². The Morgan fingerprint density at radius 2 is 2.41 bits per heavy atom. The Hall–Kier alpha value is -0.430. The van der Waals surface area contributed by atoms with E-state index in [2.05, 4.69) is 31.4 Å². The van der Waals surface area contributed by atoms with Crippen molar-refractivity contribution in [2.45, 2.75) is 18.9 Å². The Bertz CT molecular complexity index is 495. The highest BCUT2D eigenvalue weighted by molar-refractivity contribution is 9.10. The van der Waals surface area contributed by atoms with Gasteiger partial charge in [-0.25, -0.2) is 0 Å². The topological polar surface area (TPSA) is 51.0 Å². The molecule has 3 rings (SSSR count). The molecule has 1 aliphatic heterocycles. The highest BCUT2D eigenvalue weighted by atomic mass is 79.9. The molecule has 1 N–H and O–H groups in total. The molecule has 0 spiro atoms. The Balaban J connectivity index is 0.00000108. The first kappa shape index (κ1) is 13.0. The predicted octanol–water partition coefficient (Wildman–Crippen LogP) is 3.41. The zero-order valence-electron chi connectivity index (χ0n) is 8.85. The van der Waals surface area contributed by atoms with Gasteiger partial charge in [-0.15, -0.1) is 23.7 Å². The van der Waals surface area contributed by atoms with E-state index in [1.165, 1.54) is 6.42 Å². The third kappa shape index (κ3) is 2.70. The summed E-state index contributed by atoms with van der Waals surface area (Å²) in [6.45, 7) is 1.03. The zero-order chi connectivity index (χ0) is 11.0. The van der Waals surface area contributed by atoms with Gasteiger partial charge in [-0.3, -0.25) is 0 Å². The smallest absolute Gasteiger partial charge is 0.244 e. The highest BCUT2D eigenvalue weighted by Crippen LogP contribution is 2.29. The number of hydrogen-bond donors (Lipinski definition) is 1. The van der Waals surface area contributed by atoms with Crippen molar-refractivity contribution >= 4 is 39.7 Å². The van der Waals surface area contributed by atoms with E-state index in [-0.39, 0.29) is 18.4 Å². The number of nitrogens with zero attached hydrogens (tertiary/aromatic N) is 2. The van der Waals surface area contributed by atoms with Crippen LogP contribution in [0.3, 0.4) is 0 Å². The van der Waals surface area contributed by atoms with Crippen LogP contribution in [-0.2, 0) is 0 Å². The minimum absolute atomic E-state index is 0. The maximum atomic E-state index is 5.28. The monoisotopic (exact) mass is 335 g/mol. The normalized spacial score (nSPS) is 19.2.